The van der Waals surface area contributed by atoms with Crippen LogP contribution in [0.4, 0.5) is 4.79 Å². The monoisotopic (exact) mass is 500 g/mol. The molecule has 0 aromatic heterocycles. The third-order valence-electron chi connectivity index (χ3n) is 6.00. The number of amides is 1. The highest BCUT2D eigenvalue weighted by molar-refractivity contribution is 5.82. The number of nitrogens with zero attached hydrogens (tertiary/aromatic N) is 1. The molecule has 0 bridgehead atoms. The molecular formula is C32H40N2O3. The molecule has 0 saturated heterocycles. The molecule has 0 heterocycles. The van der Waals surface area contributed by atoms with Gasteiger partial charge >= 0.3 is 6.09 Å². The van der Waals surface area contributed by atoms with E-state index in [2.05, 4.69) is 66.5 Å². The minimum Gasteiger partial charge on any atom is -0.492 e. The van der Waals surface area contributed by atoms with Crippen molar-refractivity contribution in [1.29, 1.82) is 0 Å². The van der Waals surface area contributed by atoms with Gasteiger partial charge in [-0.15, -0.1) is 0 Å². The second kappa shape index (κ2) is 13.7. The average Bonchev–Trinajstić information content (AvgIpc) is 2.89. The first kappa shape index (κ1) is 28.0. The molecule has 0 aliphatic rings. The van der Waals surface area contributed by atoms with Gasteiger partial charge in [-0.05, 0) is 73.8 Å². The lowest BCUT2D eigenvalue weighted by molar-refractivity contribution is 0.0523. The average molecular weight is 501 g/mol. The molecule has 3 aromatic carbocycles. The van der Waals surface area contributed by atoms with Crippen LogP contribution < -0.4 is 10.1 Å². The van der Waals surface area contributed by atoms with Crippen molar-refractivity contribution in [3.63, 3.8) is 0 Å². The normalized spacial score (nSPS) is 11.6. The number of benzene rings is 3. The van der Waals surface area contributed by atoms with Crippen LogP contribution in [0.2, 0.25) is 0 Å². The standard InChI is InChI=1S/C32H40N2O3/c1-6-34(7-2)22-23-36-28-20-17-25(18-21-28)16-19-26-12-8-10-14-29(26)30-15-11-9-13-27(30)24-33-31(35)37-32(3,4)5/h8-21H,6-7,22-24H2,1-5H3,(H,33,35). The molecule has 3 aromatic rings. The Morgan fingerprint density at radius 3 is 2.19 bits per heavy atom. The number of alkyl carbamates (subject to hydrolysis) is 1. The molecule has 196 valence electrons. The van der Waals surface area contributed by atoms with Gasteiger partial charge < -0.3 is 19.7 Å². The van der Waals surface area contributed by atoms with Crippen LogP contribution in [0.5, 0.6) is 5.75 Å². The van der Waals surface area contributed by atoms with E-state index in [-0.39, 0.29) is 0 Å². The Hall–Kier alpha value is -3.57. The highest BCUT2D eigenvalue weighted by atomic mass is 16.6. The van der Waals surface area contributed by atoms with Gasteiger partial charge in [0.25, 0.3) is 0 Å². The van der Waals surface area contributed by atoms with Crippen LogP contribution in [0, 0.1) is 0 Å². The zero-order valence-electron chi connectivity index (χ0n) is 22.8. The largest absolute Gasteiger partial charge is 0.492 e. The molecule has 0 atom stereocenters. The number of likely N-dealkylation sites (N-methyl/N-ethyl adjacent to an activating group) is 1. The molecule has 1 N–H and O–H groups in total. The maximum absolute atomic E-state index is 12.2. The number of carbonyl (C=O) groups excluding carboxylic acids is 1. The predicted octanol–water partition coefficient (Wildman–Crippen LogP) is 7.27. The number of carbonyl (C=O) groups is 1. The van der Waals surface area contributed by atoms with Crippen LogP contribution in [-0.4, -0.2) is 42.8 Å². The van der Waals surface area contributed by atoms with Crippen LogP contribution in [0.25, 0.3) is 23.3 Å². The van der Waals surface area contributed by atoms with Gasteiger partial charge in [0.1, 0.15) is 18.0 Å². The number of hydrogen-bond donors (Lipinski definition) is 1. The summed E-state index contributed by atoms with van der Waals surface area (Å²) in [6.07, 6.45) is 3.82. The van der Waals surface area contributed by atoms with Crippen molar-refractivity contribution in [2.75, 3.05) is 26.2 Å². The number of ether oxygens (including phenoxy) is 2. The fraction of sp³-hybridized carbons (Fsp3) is 0.344. The molecule has 0 radical (unpaired) electrons. The molecule has 37 heavy (non-hydrogen) atoms. The Labute approximate surface area is 222 Å². The van der Waals surface area contributed by atoms with Crippen molar-refractivity contribution in [2.24, 2.45) is 0 Å². The van der Waals surface area contributed by atoms with Crippen molar-refractivity contribution >= 4 is 18.2 Å². The molecule has 0 aliphatic heterocycles. The first-order chi connectivity index (χ1) is 17.8. The van der Waals surface area contributed by atoms with Crippen LogP contribution in [0.15, 0.2) is 72.8 Å². The summed E-state index contributed by atoms with van der Waals surface area (Å²) in [5.74, 6) is 0.885. The van der Waals surface area contributed by atoms with Crippen LogP contribution in [0.1, 0.15) is 51.3 Å². The second-order valence-electron chi connectivity index (χ2n) is 9.88. The van der Waals surface area contributed by atoms with Gasteiger partial charge in [-0.2, -0.15) is 0 Å². The molecule has 0 aliphatic carbocycles. The summed E-state index contributed by atoms with van der Waals surface area (Å²) in [4.78, 5) is 14.5. The quantitative estimate of drug-likeness (QED) is 0.281. The number of hydrogen-bond acceptors (Lipinski definition) is 4. The lowest BCUT2D eigenvalue weighted by atomic mass is 9.95. The van der Waals surface area contributed by atoms with Gasteiger partial charge in [0, 0.05) is 13.1 Å². The lowest BCUT2D eigenvalue weighted by Crippen LogP contribution is -2.32. The Balaban J connectivity index is 1.70. The molecule has 1 amide bonds. The first-order valence-electron chi connectivity index (χ1n) is 13.1. The van der Waals surface area contributed by atoms with Crippen LogP contribution in [0.3, 0.4) is 0 Å². The SMILES string of the molecule is CCN(CC)CCOc1ccc(C=Cc2ccccc2-c2ccccc2CNC(=O)OC(C)(C)C)cc1. The van der Waals surface area contributed by atoms with E-state index in [1.807, 2.05) is 63.2 Å². The molecule has 0 fully saturated rings. The lowest BCUT2D eigenvalue weighted by Gasteiger charge is -2.20. The molecule has 3 rings (SSSR count). The summed E-state index contributed by atoms with van der Waals surface area (Å²) in [6, 6.07) is 24.6. The molecule has 0 unspecified atom stereocenters. The van der Waals surface area contributed by atoms with Gasteiger partial charge in [-0.25, -0.2) is 4.79 Å². The van der Waals surface area contributed by atoms with Crippen LogP contribution >= 0.6 is 0 Å². The van der Waals surface area contributed by atoms with Gasteiger partial charge in [-0.1, -0.05) is 86.7 Å². The summed E-state index contributed by atoms with van der Waals surface area (Å²) in [5, 5.41) is 2.88. The first-order valence-corrected chi connectivity index (χ1v) is 13.1. The summed E-state index contributed by atoms with van der Waals surface area (Å²) in [5.41, 5.74) is 4.89. The summed E-state index contributed by atoms with van der Waals surface area (Å²) in [7, 11) is 0. The summed E-state index contributed by atoms with van der Waals surface area (Å²) in [6.45, 7) is 14.0. The van der Waals surface area contributed by atoms with Crippen molar-refractivity contribution in [1.82, 2.24) is 10.2 Å². The van der Waals surface area contributed by atoms with Crippen molar-refractivity contribution < 1.29 is 14.3 Å². The molecule has 5 nitrogen and oxygen atoms in total. The van der Waals surface area contributed by atoms with Crippen molar-refractivity contribution in [2.45, 2.75) is 46.8 Å². The highest BCUT2D eigenvalue weighted by Gasteiger charge is 2.16. The van der Waals surface area contributed by atoms with E-state index in [0.29, 0.717) is 13.2 Å². The Kier molecular flexibility index (Phi) is 10.3. The summed E-state index contributed by atoms with van der Waals surface area (Å²) < 4.78 is 11.3. The van der Waals surface area contributed by atoms with Crippen molar-refractivity contribution in [3.05, 3.63) is 89.5 Å². The van der Waals surface area contributed by atoms with Gasteiger partial charge in [0.05, 0.1) is 0 Å². The zero-order chi connectivity index (χ0) is 26.7. The Bertz CT molecular complexity index is 1160. The smallest absolute Gasteiger partial charge is 0.407 e. The second-order valence-corrected chi connectivity index (χ2v) is 9.88. The predicted molar refractivity (Wildman–Crippen MR) is 154 cm³/mol. The maximum atomic E-state index is 12.2. The molecule has 0 saturated carbocycles. The minimum atomic E-state index is -0.531. The van der Waals surface area contributed by atoms with Crippen molar-refractivity contribution in [3.8, 4) is 16.9 Å². The third-order valence-corrected chi connectivity index (χ3v) is 6.00. The third kappa shape index (κ3) is 9.10. The Morgan fingerprint density at radius 2 is 1.51 bits per heavy atom. The van der Waals surface area contributed by atoms with E-state index < -0.39 is 11.7 Å². The van der Waals surface area contributed by atoms with E-state index >= 15 is 0 Å². The number of nitrogens with one attached hydrogen (secondary N) is 1. The van der Waals surface area contributed by atoms with Crippen LogP contribution in [-0.2, 0) is 11.3 Å². The maximum Gasteiger partial charge on any atom is 0.407 e. The van der Waals surface area contributed by atoms with E-state index in [0.717, 1.165) is 53.2 Å². The van der Waals surface area contributed by atoms with Gasteiger partial charge in [0.15, 0.2) is 0 Å². The van der Waals surface area contributed by atoms with E-state index in [4.69, 9.17) is 9.47 Å². The molecular weight excluding hydrogens is 460 g/mol. The molecule has 5 heteroatoms. The summed E-state index contributed by atoms with van der Waals surface area (Å²) >= 11 is 0. The van der Waals surface area contributed by atoms with E-state index in [9.17, 15) is 4.79 Å². The highest BCUT2D eigenvalue weighted by Crippen LogP contribution is 2.29. The molecule has 0 spiro atoms. The number of rotatable bonds is 11. The van der Waals surface area contributed by atoms with E-state index in [1.165, 1.54) is 0 Å². The fourth-order valence-corrected chi connectivity index (χ4v) is 4.00. The topological polar surface area (TPSA) is 50.8 Å². The van der Waals surface area contributed by atoms with Gasteiger partial charge in [0.2, 0.25) is 0 Å². The minimum absolute atomic E-state index is 0.388. The van der Waals surface area contributed by atoms with Gasteiger partial charge in [-0.3, -0.25) is 0 Å². The Morgan fingerprint density at radius 1 is 0.865 bits per heavy atom. The fourth-order valence-electron chi connectivity index (χ4n) is 4.00. The zero-order valence-corrected chi connectivity index (χ0v) is 22.8. The van der Waals surface area contributed by atoms with E-state index in [1.54, 1.807) is 0 Å².